The van der Waals surface area contributed by atoms with Crippen molar-refractivity contribution < 1.29 is 9.47 Å². The molecule has 0 heterocycles. The Bertz CT molecular complexity index is 655. The van der Waals surface area contributed by atoms with Gasteiger partial charge in [0.2, 0.25) is 0 Å². The van der Waals surface area contributed by atoms with Crippen LogP contribution in [0.25, 0.3) is 0 Å². The van der Waals surface area contributed by atoms with Crippen molar-refractivity contribution in [2.24, 2.45) is 0 Å². The van der Waals surface area contributed by atoms with Crippen LogP contribution in [0.5, 0.6) is 11.5 Å². The number of nitrogens with zero attached hydrogens (tertiary/aromatic N) is 1. The lowest BCUT2D eigenvalue weighted by Gasteiger charge is -2.11. The Labute approximate surface area is 143 Å². The normalized spacial score (nSPS) is 9.39. The van der Waals surface area contributed by atoms with Crippen molar-refractivity contribution in [1.29, 1.82) is 5.26 Å². The zero-order chi connectivity index (χ0) is 17.2. The number of methoxy groups -OCH3 is 2. The summed E-state index contributed by atoms with van der Waals surface area (Å²) in [6.45, 7) is 6.05. The Morgan fingerprint density at radius 3 is 2.13 bits per heavy atom. The highest BCUT2D eigenvalue weighted by atomic mass is 32.2. The molecule has 2 rings (SSSR count). The van der Waals surface area contributed by atoms with Crippen LogP contribution in [0.2, 0.25) is 0 Å². The summed E-state index contributed by atoms with van der Waals surface area (Å²) in [5.74, 6) is 1.51. The topological polar surface area (TPSA) is 42.2 Å². The van der Waals surface area contributed by atoms with E-state index in [0.29, 0.717) is 6.42 Å². The van der Waals surface area contributed by atoms with Crippen LogP contribution in [0, 0.1) is 18.3 Å². The summed E-state index contributed by atoms with van der Waals surface area (Å²) >= 11 is 1.62. The van der Waals surface area contributed by atoms with Crippen LogP contribution in [0.15, 0.2) is 46.2 Å². The minimum Gasteiger partial charge on any atom is -0.497 e. The van der Waals surface area contributed by atoms with Gasteiger partial charge in [0, 0.05) is 15.9 Å². The quantitative estimate of drug-likeness (QED) is 0.751. The lowest BCUT2D eigenvalue weighted by molar-refractivity contribution is 0.392. The molecule has 0 aliphatic rings. The number of nitriles is 1. The van der Waals surface area contributed by atoms with Gasteiger partial charge in [0.15, 0.2) is 0 Å². The third-order valence-electron chi connectivity index (χ3n) is 3.04. The minimum atomic E-state index is 0.406. The number of aryl methyl sites for hydroxylation is 1. The number of ether oxygens (including phenoxy) is 2. The second-order valence-electron chi connectivity index (χ2n) is 4.60. The van der Waals surface area contributed by atoms with E-state index in [2.05, 4.69) is 12.1 Å². The second-order valence-corrected chi connectivity index (χ2v) is 5.71. The maximum Gasteiger partial charge on any atom is 0.123 e. The Morgan fingerprint density at radius 2 is 1.61 bits per heavy atom. The van der Waals surface area contributed by atoms with E-state index in [0.717, 1.165) is 26.9 Å². The summed E-state index contributed by atoms with van der Waals surface area (Å²) in [4.78, 5) is 2.11. The molecule has 0 bridgehead atoms. The second kappa shape index (κ2) is 9.81. The van der Waals surface area contributed by atoms with Crippen molar-refractivity contribution in [1.82, 2.24) is 0 Å². The number of rotatable bonds is 5. The maximum absolute atomic E-state index is 8.94. The van der Waals surface area contributed by atoms with Crippen LogP contribution in [0.1, 0.15) is 25.0 Å². The van der Waals surface area contributed by atoms with Gasteiger partial charge >= 0.3 is 0 Å². The fourth-order valence-electron chi connectivity index (χ4n) is 1.96. The smallest absolute Gasteiger partial charge is 0.123 e. The molecule has 0 amide bonds. The highest BCUT2D eigenvalue weighted by Crippen LogP contribution is 2.36. The summed E-state index contributed by atoms with van der Waals surface area (Å²) in [6, 6.07) is 14.1. The first-order valence-corrected chi connectivity index (χ1v) is 8.35. The third kappa shape index (κ3) is 5.54. The molecule has 0 fully saturated rings. The number of hydrogen-bond donors (Lipinski definition) is 0. The van der Waals surface area contributed by atoms with Crippen molar-refractivity contribution in [2.75, 3.05) is 14.2 Å². The Morgan fingerprint density at radius 1 is 1.00 bits per heavy atom. The molecule has 0 aromatic heterocycles. The fourth-order valence-corrected chi connectivity index (χ4v) is 3.08. The molecule has 0 saturated heterocycles. The van der Waals surface area contributed by atoms with E-state index in [1.54, 1.807) is 26.0 Å². The van der Waals surface area contributed by atoms with Gasteiger partial charge in [-0.15, -0.1) is 0 Å². The van der Waals surface area contributed by atoms with Gasteiger partial charge < -0.3 is 9.47 Å². The largest absolute Gasteiger partial charge is 0.497 e. The van der Waals surface area contributed by atoms with Crippen molar-refractivity contribution in [2.45, 2.75) is 37.0 Å². The molecular weight excluding hydrogens is 306 g/mol. The lowest BCUT2D eigenvalue weighted by Crippen LogP contribution is -1.90. The van der Waals surface area contributed by atoms with E-state index in [4.69, 9.17) is 14.7 Å². The lowest BCUT2D eigenvalue weighted by atomic mass is 10.1. The standard InChI is InChI=1S/C17H17NO2S.C2H6/c1-12-4-5-13(6-7-18)17(8-12)21-16-10-14(19-2)9-15(11-16)20-3;1-2/h4-5,8-11H,6H2,1-3H3;1-2H3. The molecular formula is C19H23NO2S. The van der Waals surface area contributed by atoms with Crippen LogP contribution in [0.3, 0.4) is 0 Å². The maximum atomic E-state index is 8.94. The SMILES string of the molecule is CC.COc1cc(OC)cc(Sc2cc(C)ccc2CC#N)c1. The van der Waals surface area contributed by atoms with Gasteiger partial charge in [-0.1, -0.05) is 37.7 Å². The third-order valence-corrected chi connectivity index (χ3v) is 4.12. The van der Waals surface area contributed by atoms with E-state index >= 15 is 0 Å². The fraction of sp³-hybridized carbons (Fsp3) is 0.316. The summed E-state index contributed by atoms with van der Waals surface area (Å²) in [6.07, 6.45) is 0.406. The first kappa shape index (κ1) is 18.9. The average Bonchev–Trinajstić information content (AvgIpc) is 2.58. The van der Waals surface area contributed by atoms with Gasteiger partial charge in [0.1, 0.15) is 11.5 Å². The summed E-state index contributed by atoms with van der Waals surface area (Å²) < 4.78 is 10.6. The van der Waals surface area contributed by atoms with Crippen molar-refractivity contribution in [3.8, 4) is 17.6 Å². The molecule has 122 valence electrons. The monoisotopic (exact) mass is 329 g/mol. The summed E-state index contributed by atoms with van der Waals surface area (Å²) in [5.41, 5.74) is 2.21. The van der Waals surface area contributed by atoms with Crippen molar-refractivity contribution in [3.05, 3.63) is 47.5 Å². The number of hydrogen-bond acceptors (Lipinski definition) is 4. The molecule has 0 radical (unpaired) electrons. The number of benzene rings is 2. The predicted octanol–water partition coefficient (Wildman–Crippen LogP) is 5.26. The predicted molar refractivity (Wildman–Crippen MR) is 95.5 cm³/mol. The average molecular weight is 329 g/mol. The molecule has 0 N–H and O–H groups in total. The van der Waals surface area contributed by atoms with Crippen LogP contribution in [-0.4, -0.2) is 14.2 Å². The molecule has 23 heavy (non-hydrogen) atoms. The van der Waals surface area contributed by atoms with Gasteiger partial charge in [-0.25, -0.2) is 0 Å². The Kier molecular flexibility index (Phi) is 8.07. The molecule has 2 aromatic rings. The molecule has 2 aromatic carbocycles. The first-order valence-electron chi connectivity index (χ1n) is 7.53. The Balaban J connectivity index is 0.00000127. The van der Waals surface area contributed by atoms with Crippen molar-refractivity contribution >= 4 is 11.8 Å². The van der Waals surface area contributed by atoms with E-state index in [9.17, 15) is 0 Å². The zero-order valence-electron chi connectivity index (χ0n) is 14.3. The summed E-state index contributed by atoms with van der Waals surface area (Å²) in [7, 11) is 3.27. The van der Waals surface area contributed by atoms with E-state index in [1.807, 2.05) is 51.1 Å². The van der Waals surface area contributed by atoms with E-state index < -0.39 is 0 Å². The van der Waals surface area contributed by atoms with Crippen LogP contribution >= 0.6 is 11.8 Å². The molecule has 0 aliphatic heterocycles. The molecule has 0 spiro atoms. The van der Waals surface area contributed by atoms with Crippen LogP contribution < -0.4 is 9.47 Å². The van der Waals surface area contributed by atoms with Gasteiger partial charge in [-0.3, -0.25) is 0 Å². The highest BCUT2D eigenvalue weighted by molar-refractivity contribution is 7.99. The van der Waals surface area contributed by atoms with Gasteiger partial charge in [-0.05, 0) is 36.2 Å². The van der Waals surface area contributed by atoms with E-state index in [1.165, 1.54) is 5.56 Å². The van der Waals surface area contributed by atoms with Crippen LogP contribution in [0.4, 0.5) is 0 Å². The van der Waals surface area contributed by atoms with Crippen LogP contribution in [-0.2, 0) is 6.42 Å². The Hall–Kier alpha value is -2.12. The van der Waals surface area contributed by atoms with Gasteiger partial charge in [0.05, 0.1) is 26.7 Å². The van der Waals surface area contributed by atoms with Gasteiger partial charge in [0.25, 0.3) is 0 Å². The molecule has 0 saturated carbocycles. The minimum absolute atomic E-state index is 0.406. The van der Waals surface area contributed by atoms with Crippen molar-refractivity contribution in [3.63, 3.8) is 0 Å². The molecule has 3 nitrogen and oxygen atoms in total. The first-order chi connectivity index (χ1) is 11.2. The zero-order valence-corrected chi connectivity index (χ0v) is 15.2. The highest BCUT2D eigenvalue weighted by Gasteiger charge is 2.08. The van der Waals surface area contributed by atoms with E-state index in [-0.39, 0.29) is 0 Å². The van der Waals surface area contributed by atoms with Gasteiger partial charge in [-0.2, -0.15) is 5.26 Å². The summed E-state index contributed by atoms with van der Waals surface area (Å²) in [5, 5.41) is 8.94. The molecule has 0 atom stereocenters. The molecule has 0 unspecified atom stereocenters. The molecule has 4 heteroatoms. The molecule has 0 aliphatic carbocycles.